The Hall–Kier alpha value is -3.74. The van der Waals surface area contributed by atoms with Crippen LogP contribution in [0.1, 0.15) is 17.7 Å². The van der Waals surface area contributed by atoms with E-state index in [9.17, 15) is 9.59 Å². The summed E-state index contributed by atoms with van der Waals surface area (Å²) in [4.78, 5) is 32.5. The number of hydrogen-bond acceptors (Lipinski definition) is 4. The van der Waals surface area contributed by atoms with Crippen molar-refractivity contribution in [2.75, 3.05) is 5.32 Å². The van der Waals surface area contributed by atoms with E-state index in [1.54, 1.807) is 13.1 Å². The van der Waals surface area contributed by atoms with Crippen LogP contribution in [0.25, 0.3) is 22.4 Å². The van der Waals surface area contributed by atoms with Crippen molar-refractivity contribution in [2.45, 2.75) is 19.3 Å². The zero-order chi connectivity index (χ0) is 20.7. The molecule has 1 atom stereocenters. The number of rotatable bonds is 3. The summed E-state index contributed by atoms with van der Waals surface area (Å²) < 4.78 is 1.35. The third-order valence-electron chi connectivity index (χ3n) is 5.64. The van der Waals surface area contributed by atoms with E-state index in [4.69, 9.17) is 0 Å². The van der Waals surface area contributed by atoms with E-state index in [2.05, 4.69) is 20.4 Å². The van der Waals surface area contributed by atoms with Gasteiger partial charge in [0.25, 0.3) is 5.56 Å². The van der Waals surface area contributed by atoms with Gasteiger partial charge in [-0.05, 0) is 61.2 Å². The summed E-state index contributed by atoms with van der Waals surface area (Å²) in [6.45, 7) is 0. The summed E-state index contributed by atoms with van der Waals surface area (Å²) in [5.74, 6) is 0.603. The van der Waals surface area contributed by atoms with Crippen LogP contribution in [0, 0.1) is 5.92 Å². The topological polar surface area (TPSA) is 92.7 Å². The van der Waals surface area contributed by atoms with E-state index in [0.717, 1.165) is 45.8 Å². The fourth-order valence-corrected chi connectivity index (χ4v) is 3.96. The first-order valence-corrected chi connectivity index (χ1v) is 9.99. The average Bonchev–Trinajstić information content (AvgIpc) is 3.19. The van der Waals surface area contributed by atoms with Crippen LogP contribution in [0.3, 0.4) is 0 Å². The second-order valence-corrected chi connectivity index (χ2v) is 7.69. The minimum Gasteiger partial charge on any atom is -0.338 e. The van der Waals surface area contributed by atoms with Gasteiger partial charge in [-0.3, -0.25) is 9.59 Å². The third kappa shape index (κ3) is 3.39. The summed E-state index contributed by atoms with van der Waals surface area (Å²) in [7, 11) is 1.65. The van der Waals surface area contributed by atoms with Gasteiger partial charge >= 0.3 is 0 Å². The molecule has 7 heteroatoms. The largest absolute Gasteiger partial charge is 0.338 e. The molecule has 2 heterocycles. The van der Waals surface area contributed by atoms with Gasteiger partial charge in [0.2, 0.25) is 5.91 Å². The van der Waals surface area contributed by atoms with Gasteiger partial charge in [0, 0.05) is 30.3 Å². The molecular formula is C23H21N5O2. The molecule has 5 rings (SSSR count). The Morgan fingerprint density at radius 2 is 1.97 bits per heavy atom. The van der Waals surface area contributed by atoms with E-state index in [0.29, 0.717) is 12.8 Å². The fourth-order valence-electron chi connectivity index (χ4n) is 3.96. The lowest BCUT2D eigenvalue weighted by Gasteiger charge is -2.23. The monoisotopic (exact) mass is 399 g/mol. The second-order valence-electron chi connectivity index (χ2n) is 7.69. The highest BCUT2D eigenvalue weighted by molar-refractivity contribution is 5.93. The molecule has 2 aromatic carbocycles. The summed E-state index contributed by atoms with van der Waals surface area (Å²) in [6, 6.07) is 17.1. The molecule has 2 N–H and O–H groups in total. The van der Waals surface area contributed by atoms with Crippen LogP contribution >= 0.6 is 0 Å². The van der Waals surface area contributed by atoms with Gasteiger partial charge in [-0.1, -0.05) is 12.1 Å². The number of aromatic amines is 1. The predicted octanol–water partition coefficient (Wildman–Crippen LogP) is 3.07. The maximum Gasteiger partial charge on any atom is 0.266 e. The number of nitrogens with zero attached hydrogens (tertiary/aromatic N) is 3. The standard InChI is InChI=1S/C23H21N5O2/c1-28-21(29)13-16-12-15(8-11-18(16)27-28)23(30)24-17-9-6-14(7-10-17)22-25-19-4-2-3-5-20(19)26-22/h2-7,9-10,13,15H,8,11-12H2,1H3,(H,24,30)(H,25,26). The first-order valence-electron chi connectivity index (χ1n) is 9.99. The third-order valence-corrected chi connectivity index (χ3v) is 5.64. The van der Waals surface area contributed by atoms with Crippen molar-refractivity contribution in [3.63, 3.8) is 0 Å². The van der Waals surface area contributed by atoms with Gasteiger partial charge in [0.15, 0.2) is 0 Å². The average molecular weight is 399 g/mol. The first-order chi connectivity index (χ1) is 14.6. The first kappa shape index (κ1) is 18.3. The quantitative estimate of drug-likeness (QED) is 0.554. The molecular weight excluding hydrogens is 378 g/mol. The van der Waals surface area contributed by atoms with Crippen molar-refractivity contribution in [1.29, 1.82) is 0 Å². The minimum atomic E-state index is -0.165. The second kappa shape index (κ2) is 7.26. The van der Waals surface area contributed by atoms with Gasteiger partial charge in [-0.15, -0.1) is 0 Å². The van der Waals surface area contributed by atoms with Gasteiger partial charge in [0.1, 0.15) is 5.82 Å². The van der Waals surface area contributed by atoms with Crippen LogP contribution in [-0.2, 0) is 24.7 Å². The summed E-state index contributed by atoms with van der Waals surface area (Å²) in [5.41, 5.74) is 5.26. The number of fused-ring (bicyclic) bond motifs is 2. The molecule has 1 amide bonds. The van der Waals surface area contributed by atoms with Crippen molar-refractivity contribution in [3.05, 3.63) is 76.2 Å². The number of imidazole rings is 1. The molecule has 0 radical (unpaired) electrons. The molecule has 150 valence electrons. The molecule has 0 spiro atoms. The number of anilines is 1. The number of aromatic nitrogens is 4. The van der Waals surface area contributed by atoms with E-state index in [1.807, 2.05) is 48.5 Å². The molecule has 0 fully saturated rings. The van der Waals surface area contributed by atoms with Crippen LogP contribution in [0.5, 0.6) is 0 Å². The number of carbonyl (C=O) groups excluding carboxylic acids is 1. The van der Waals surface area contributed by atoms with Crippen molar-refractivity contribution in [2.24, 2.45) is 13.0 Å². The van der Waals surface area contributed by atoms with Crippen LogP contribution in [0.15, 0.2) is 59.4 Å². The predicted molar refractivity (Wildman–Crippen MR) is 115 cm³/mol. The highest BCUT2D eigenvalue weighted by Crippen LogP contribution is 2.26. The van der Waals surface area contributed by atoms with E-state index in [-0.39, 0.29) is 17.4 Å². The van der Waals surface area contributed by atoms with Crippen LogP contribution < -0.4 is 10.9 Å². The molecule has 1 unspecified atom stereocenters. The van der Waals surface area contributed by atoms with Gasteiger partial charge in [0.05, 0.1) is 16.7 Å². The Balaban J connectivity index is 1.29. The molecule has 7 nitrogen and oxygen atoms in total. The zero-order valence-corrected chi connectivity index (χ0v) is 16.6. The zero-order valence-electron chi connectivity index (χ0n) is 16.6. The lowest BCUT2D eigenvalue weighted by Crippen LogP contribution is -2.31. The SMILES string of the molecule is Cn1nc2c(cc1=O)CC(C(=O)Nc1ccc(-c3nc4ccccc4[nH]3)cc1)CC2. The van der Waals surface area contributed by atoms with Gasteiger partial charge in [-0.2, -0.15) is 5.10 Å². The van der Waals surface area contributed by atoms with Crippen LogP contribution in [0.2, 0.25) is 0 Å². The Morgan fingerprint density at radius 1 is 1.17 bits per heavy atom. The Bertz CT molecular complexity index is 1270. The molecule has 0 aliphatic heterocycles. The van der Waals surface area contributed by atoms with Crippen LogP contribution in [0.4, 0.5) is 5.69 Å². The number of amides is 1. The minimum absolute atomic E-state index is 0.0298. The van der Waals surface area contributed by atoms with Gasteiger partial charge < -0.3 is 10.3 Å². The smallest absolute Gasteiger partial charge is 0.266 e. The number of benzene rings is 2. The van der Waals surface area contributed by atoms with Crippen molar-refractivity contribution < 1.29 is 4.79 Å². The van der Waals surface area contributed by atoms with Crippen molar-refractivity contribution in [3.8, 4) is 11.4 Å². The number of aryl methyl sites for hydroxylation is 2. The number of carbonyl (C=O) groups is 1. The van der Waals surface area contributed by atoms with Crippen molar-refractivity contribution in [1.82, 2.24) is 19.7 Å². The van der Waals surface area contributed by atoms with E-state index >= 15 is 0 Å². The van der Waals surface area contributed by atoms with Gasteiger partial charge in [-0.25, -0.2) is 9.67 Å². The number of para-hydroxylation sites is 2. The highest BCUT2D eigenvalue weighted by Gasteiger charge is 2.26. The summed E-state index contributed by atoms with van der Waals surface area (Å²) in [6.07, 6.45) is 1.97. The van der Waals surface area contributed by atoms with Crippen LogP contribution in [-0.4, -0.2) is 25.7 Å². The summed E-state index contributed by atoms with van der Waals surface area (Å²) in [5, 5.41) is 7.31. The number of nitrogens with one attached hydrogen (secondary N) is 2. The molecule has 0 saturated heterocycles. The van der Waals surface area contributed by atoms with E-state index in [1.165, 1.54) is 4.68 Å². The highest BCUT2D eigenvalue weighted by atomic mass is 16.2. The molecule has 0 saturated carbocycles. The Morgan fingerprint density at radius 3 is 2.77 bits per heavy atom. The normalized spacial score (nSPS) is 15.7. The van der Waals surface area contributed by atoms with E-state index < -0.39 is 0 Å². The maximum absolute atomic E-state index is 12.8. The number of hydrogen-bond donors (Lipinski definition) is 2. The molecule has 1 aliphatic carbocycles. The lowest BCUT2D eigenvalue weighted by molar-refractivity contribution is -0.120. The number of H-pyrrole nitrogens is 1. The summed E-state index contributed by atoms with van der Waals surface area (Å²) >= 11 is 0. The molecule has 1 aliphatic rings. The molecule has 4 aromatic rings. The maximum atomic E-state index is 12.8. The Labute approximate surface area is 172 Å². The fraction of sp³-hybridized carbons (Fsp3) is 0.217. The van der Waals surface area contributed by atoms with Crippen molar-refractivity contribution >= 4 is 22.6 Å². The molecule has 0 bridgehead atoms. The lowest BCUT2D eigenvalue weighted by atomic mass is 9.86. The molecule has 2 aromatic heterocycles. The Kier molecular flexibility index (Phi) is 4.43. The molecule has 30 heavy (non-hydrogen) atoms.